The maximum Gasteiger partial charge on any atom is 0.307 e. The third kappa shape index (κ3) is 3.66. The third-order valence-corrected chi connectivity index (χ3v) is 5.32. The Kier molecular flexibility index (Phi) is 4.89. The van der Waals surface area contributed by atoms with E-state index in [2.05, 4.69) is 5.32 Å². The Hall–Kier alpha value is -2.57. The summed E-state index contributed by atoms with van der Waals surface area (Å²) in [4.78, 5) is 37.2. The molecule has 1 aromatic rings. The number of hydrogen-bond acceptors (Lipinski definition) is 4. The van der Waals surface area contributed by atoms with Gasteiger partial charge >= 0.3 is 5.97 Å². The van der Waals surface area contributed by atoms with Crippen LogP contribution >= 0.6 is 0 Å². The van der Waals surface area contributed by atoms with Crippen molar-refractivity contribution in [3.05, 3.63) is 24.3 Å². The van der Waals surface area contributed by atoms with Crippen molar-refractivity contribution in [1.82, 2.24) is 4.90 Å². The number of carbonyl (C=O) groups excluding carboxylic acids is 2. The van der Waals surface area contributed by atoms with Crippen LogP contribution in [0.5, 0.6) is 5.75 Å². The van der Waals surface area contributed by atoms with E-state index < -0.39 is 23.2 Å². The van der Waals surface area contributed by atoms with Crippen molar-refractivity contribution in [2.75, 3.05) is 25.0 Å². The summed E-state index contributed by atoms with van der Waals surface area (Å²) in [6, 6.07) is 6.72. The number of benzene rings is 1. The maximum absolute atomic E-state index is 12.3. The van der Waals surface area contributed by atoms with Crippen LogP contribution in [0.1, 0.15) is 26.7 Å². The van der Waals surface area contributed by atoms with Gasteiger partial charge in [0.1, 0.15) is 5.75 Å². The third-order valence-electron chi connectivity index (χ3n) is 5.32. The summed E-state index contributed by atoms with van der Waals surface area (Å²) in [5.41, 5.74) is 0.0367. The van der Waals surface area contributed by atoms with Gasteiger partial charge in [-0.05, 0) is 42.5 Å². The molecule has 1 heterocycles. The molecule has 2 atom stereocenters. The summed E-state index contributed by atoms with van der Waals surface area (Å²) >= 11 is 0. The average Bonchev–Trinajstić information content (AvgIpc) is 2.96. The number of carboxylic acid groups (broad SMARTS) is 1. The number of rotatable bonds is 6. The molecule has 1 saturated carbocycles. The van der Waals surface area contributed by atoms with Crippen LogP contribution in [0.4, 0.5) is 5.69 Å². The lowest BCUT2D eigenvalue weighted by Gasteiger charge is -2.15. The topological polar surface area (TPSA) is 95.9 Å². The number of nitrogens with one attached hydrogen (secondary N) is 1. The summed E-state index contributed by atoms with van der Waals surface area (Å²) < 4.78 is 5.50. The second-order valence-corrected chi connectivity index (χ2v) is 7.51. The Labute approximate surface area is 152 Å². The summed E-state index contributed by atoms with van der Waals surface area (Å²) in [5, 5.41) is 11.9. The second-order valence-electron chi connectivity index (χ2n) is 7.51. The molecule has 2 fully saturated rings. The zero-order chi connectivity index (χ0) is 18.9. The van der Waals surface area contributed by atoms with Crippen LogP contribution in [0, 0.1) is 17.3 Å². The van der Waals surface area contributed by atoms with Crippen molar-refractivity contribution in [3.8, 4) is 5.75 Å². The molecule has 0 unspecified atom stereocenters. The monoisotopic (exact) mass is 360 g/mol. The molecule has 26 heavy (non-hydrogen) atoms. The van der Waals surface area contributed by atoms with Gasteiger partial charge in [-0.3, -0.25) is 14.4 Å². The van der Waals surface area contributed by atoms with E-state index in [1.165, 1.54) is 0 Å². The number of hydrogen-bond donors (Lipinski definition) is 2. The summed E-state index contributed by atoms with van der Waals surface area (Å²) in [5.74, 6) is -1.89. The van der Waals surface area contributed by atoms with Crippen LogP contribution in [-0.2, 0) is 14.4 Å². The fourth-order valence-corrected chi connectivity index (χ4v) is 3.65. The first kappa shape index (κ1) is 18.2. The lowest BCUT2D eigenvalue weighted by atomic mass is 10.1. The highest BCUT2D eigenvalue weighted by Gasteiger charge is 2.65. The molecule has 1 aromatic carbocycles. The molecule has 2 aliphatic rings. The largest absolute Gasteiger partial charge is 0.484 e. The van der Waals surface area contributed by atoms with Crippen LogP contribution in [0.3, 0.4) is 0 Å². The first-order valence-electron chi connectivity index (χ1n) is 8.85. The average molecular weight is 360 g/mol. The van der Waals surface area contributed by atoms with Gasteiger partial charge in [0.2, 0.25) is 5.91 Å². The van der Waals surface area contributed by atoms with Crippen LogP contribution in [-0.4, -0.2) is 47.5 Å². The minimum absolute atomic E-state index is 0.00224. The molecular weight excluding hydrogens is 336 g/mol. The highest BCUT2D eigenvalue weighted by molar-refractivity contribution is 5.99. The van der Waals surface area contributed by atoms with E-state index in [4.69, 9.17) is 9.84 Å². The molecule has 140 valence electrons. The highest BCUT2D eigenvalue weighted by Crippen LogP contribution is 2.58. The summed E-state index contributed by atoms with van der Waals surface area (Å²) in [6.07, 6.45) is 2.08. The predicted molar refractivity (Wildman–Crippen MR) is 94.8 cm³/mol. The lowest BCUT2D eigenvalue weighted by Crippen LogP contribution is -2.32. The van der Waals surface area contributed by atoms with Crippen LogP contribution in [0.2, 0.25) is 0 Å². The van der Waals surface area contributed by atoms with Gasteiger partial charge < -0.3 is 20.1 Å². The van der Waals surface area contributed by atoms with Gasteiger partial charge in [-0.2, -0.15) is 0 Å². The molecule has 2 N–H and O–H groups in total. The molecule has 0 radical (unpaired) electrons. The molecule has 1 saturated heterocycles. The fraction of sp³-hybridized carbons (Fsp3) is 0.526. The van der Waals surface area contributed by atoms with E-state index in [0.717, 1.165) is 25.9 Å². The Bertz CT molecular complexity index is 707. The minimum Gasteiger partial charge on any atom is -0.484 e. The number of anilines is 1. The van der Waals surface area contributed by atoms with Gasteiger partial charge in [0, 0.05) is 18.8 Å². The zero-order valence-corrected chi connectivity index (χ0v) is 15.0. The van der Waals surface area contributed by atoms with E-state index in [1.807, 2.05) is 0 Å². The molecule has 2 amide bonds. The Morgan fingerprint density at radius 1 is 1.15 bits per heavy atom. The molecule has 0 bridgehead atoms. The molecular formula is C19H24N2O5. The van der Waals surface area contributed by atoms with Gasteiger partial charge in [-0.1, -0.05) is 13.8 Å². The Balaban J connectivity index is 1.51. The minimum atomic E-state index is -0.943. The number of carbonyl (C=O) groups is 3. The van der Waals surface area contributed by atoms with E-state index in [-0.39, 0.29) is 18.4 Å². The van der Waals surface area contributed by atoms with E-state index in [0.29, 0.717) is 11.4 Å². The quantitative estimate of drug-likeness (QED) is 0.809. The van der Waals surface area contributed by atoms with Crippen molar-refractivity contribution in [3.63, 3.8) is 0 Å². The number of likely N-dealkylation sites (tertiary alicyclic amines) is 1. The Morgan fingerprint density at radius 2 is 1.77 bits per heavy atom. The predicted octanol–water partition coefficient (Wildman–Crippen LogP) is 1.98. The highest BCUT2D eigenvalue weighted by atomic mass is 16.5. The number of aliphatic carboxylic acids is 1. The van der Waals surface area contributed by atoms with Crippen molar-refractivity contribution >= 4 is 23.5 Å². The SMILES string of the molecule is CC1(C)[C@H](C(=O)O)[C@H]1C(=O)Nc1ccc(OCC(=O)N2CCCC2)cc1. The number of carboxylic acids is 1. The molecule has 1 aliphatic heterocycles. The van der Waals surface area contributed by atoms with E-state index in [9.17, 15) is 14.4 Å². The molecule has 7 heteroatoms. The fourth-order valence-electron chi connectivity index (χ4n) is 3.65. The van der Waals surface area contributed by atoms with Crippen molar-refractivity contribution in [2.45, 2.75) is 26.7 Å². The molecule has 0 aromatic heterocycles. The summed E-state index contributed by atoms with van der Waals surface area (Å²) in [7, 11) is 0. The van der Waals surface area contributed by atoms with E-state index in [1.54, 1.807) is 43.0 Å². The van der Waals surface area contributed by atoms with Crippen LogP contribution < -0.4 is 10.1 Å². The first-order valence-corrected chi connectivity index (χ1v) is 8.85. The van der Waals surface area contributed by atoms with Crippen LogP contribution in [0.25, 0.3) is 0 Å². The first-order chi connectivity index (χ1) is 12.3. The lowest BCUT2D eigenvalue weighted by molar-refractivity contribution is -0.140. The standard InChI is InChI=1S/C19H24N2O5/c1-19(2)15(16(19)18(24)25)17(23)20-12-5-7-13(8-6-12)26-11-14(22)21-9-3-4-10-21/h5-8,15-16H,3-4,9-11H2,1-2H3,(H,20,23)(H,24,25)/t15-,16-/m0/s1. The summed E-state index contributed by atoms with van der Waals surface area (Å²) in [6.45, 7) is 5.15. The molecule has 1 aliphatic carbocycles. The normalized spacial score (nSPS) is 23.4. The number of nitrogens with zero attached hydrogens (tertiary/aromatic N) is 1. The molecule has 3 rings (SSSR count). The second kappa shape index (κ2) is 6.97. The van der Waals surface area contributed by atoms with Crippen molar-refractivity contribution in [1.29, 1.82) is 0 Å². The van der Waals surface area contributed by atoms with Crippen molar-refractivity contribution in [2.24, 2.45) is 17.3 Å². The zero-order valence-electron chi connectivity index (χ0n) is 15.0. The number of ether oxygens (including phenoxy) is 1. The van der Waals surface area contributed by atoms with Gasteiger partial charge in [-0.25, -0.2) is 0 Å². The maximum atomic E-state index is 12.3. The number of amides is 2. The van der Waals surface area contributed by atoms with Gasteiger partial charge in [0.05, 0.1) is 11.8 Å². The van der Waals surface area contributed by atoms with Gasteiger partial charge in [-0.15, -0.1) is 0 Å². The molecule has 7 nitrogen and oxygen atoms in total. The van der Waals surface area contributed by atoms with Crippen LogP contribution in [0.15, 0.2) is 24.3 Å². The van der Waals surface area contributed by atoms with Gasteiger partial charge in [0.15, 0.2) is 6.61 Å². The molecule has 0 spiro atoms. The smallest absolute Gasteiger partial charge is 0.307 e. The van der Waals surface area contributed by atoms with Crippen molar-refractivity contribution < 1.29 is 24.2 Å². The van der Waals surface area contributed by atoms with E-state index >= 15 is 0 Å². The van der Waals surface area contributed by atoms with Gasteiger partial charge in [0.25, 0.3) is 5.91 Å². The Morgan fingerprint density at radius 3 is 2.31 bits per heavy atom.